The largest absolute Gasteiger partial charge is 0.382 e. The molecule has 2 bridgehead atoms. The van der Waals surface area contributed by atoms with Crippen molar-refractivity contribution in [1.29, 1.82) is 0 Å². The highest BCUT2D eigenvalue weighted by molar-refractivity contribution is 6.03. The second-order valence-corrected chi connectivity index (χ2v) is 11.0. The van der Waals surface area contributed by atoms with Gasteiger partial charge in [0.1, 0.15) is 5.82 Å². The number of carbonyl (C=O) groups is 3. The van der Waals surface area contributed by atoms with Gasteiger partial charge >= 0.3 is 0 Å². The summed E-state index contributed by atoms with van der Waals surface area (Å²) in [6.07, 6.45) is 11.2. The molecule has 4 N–H and O–H groups in total. The number of rotatable bonds is 7. The lowest BCUT2D eigenvalue weighted by molar-refractivity contribution is 0.0924. The first-order chi connectivity index (χ1) is 17.8. The predicted octanol–water partition coefficient (Wildman–Crippen LogP) is 4.37. The van der Waals surface area contributed by atoms with Crippen molar-refractivity contribution < 1.29 is 14.4 Å². The van der Waals surface area contributed by atoms with E-state index < -0.39 is 5.91 Å². The minimum Gasteiger partial charge on any atom is -0.382 e. The Morgan fingerprint density at radius 2 is 1.65 bits per heavy atom. The Labute approximate surface area is 218 Å². The van der Waals surface area contributed by atoms with Crippen molar-refractivity contribution in [2.24, 2.45) is 5.73 Å². The van der Waals surface area contributed by atoms with E-state index in [4.69, 9.17) is 5.73 Å². The van der Waals surface area contributed by atoms with Crippen LogP contribution in [0, 0.1) is 6.92 Å². The lowest BCUT2D eigenvalue weighted by atomic mass is 9.94. The molecular formula is C29H37N5O3. The monoisotopic (exact) mass is 503 g/mol. The van der Waals surface area contributed by atoms with E-state index >= 15 is 0 Å². The molecular weight excluding hydrogens is 466 g/mol. The van der Waals surface area contributed by atoms with Gasteiger partial charge in [-0.3, -0.25) is 14.4 Å². The van der Waals surface area contributed by atoms with E-state index in [1.807, 2.05) is 25.1 Å². The molecule has 3 fully saturated rings. The molecule has 3 aliphatic rings. The summed E-state index contributed by atoms with van der Waals surface area (Å²) in [5, 5.41) is 6.78. The number of nitrogens with zero attached hydrogens (tertiary/aromatic N) is 2. The molecule has 5 rings (SSSR count). The number of hydrogen-bond acceptors (Lipinski definition) is 6. The van der Waals surface area contributed by atoms with Crippen LogP contribution in [0.1, 0.15) is 101 Å². The number of nitrogens with two attached hydrogens (primary N) is 1. The number of piperidine rings is 1. The molecule has 1 saturated carbocycles. The van der Waals surface area contributed by atoms with E-state index in [9.17, 15) is 14.4 Å². The van der Waals surface area contributed by atoms with E-state index in [-0.39, 0.29) is 17.7 Å². The van der Waals surface area contributed by atoms with Gasteiger partial charge in [0.15, 0.2) is 5.78 Å². The molecule has 8 heteroatoms. The summed E-state index contributed by atoms with van der Waals surface area (Å²) in [5.41, 5.74) is 8.72. The third-order valence-corrected chi connectivity index (χ3v) is 8.33. The maximum absolute atomic E-state index is 13.4. The van der Waals surface area contributed by atoms with Crippen LogP contribution in [-0.4, -0.2) is 46.7 Å². The number of benzene rings is 1. The number of hydrogen-bond donors (Lipinski definition) is 3. The molecule has 0 radical (unpaired) electrons. The highest BCUT2D eigenvalue weighted by atomic mass is 16.2. The number of Topliss-reactive ketones (excluding diaryl/α,β-unsaturated/α-hetero) is 1. The average Bonchev–Trinajstić information content (AvgIpc) is 3.15. The maximum atomic E-state index is 13.4. The highest BCUT2D eigenvalue weighted by Crippen LogP contribution is 2.39. The summed E-state index contributed by atoms with van der Waals surface area (Å²) in [5.74, 6) is 0.322. The van der Waals surface area contributed by atoms with Crippen molar-refractivity contribution in [3.05, 3.63) is 52.7 Å². The van der Waals surface area contributed by atoms with Crippen LogP contribution in [0.2, 0.25) is 0 Å². The topological polar surface area (TPSA) is 117 Å². The SMILES string of the molecule is CC(=O)c1ccc(N2C3CCC2CC(NC(=O)c2cc(NC4CCCCC4)c(C(N)=O)cc2C)C3)nc1. The number of aromatic nitrogens is 1. The Kier molecular flexibility index (Phi) is 7.17. The lowest BCUT2D eigenvalue weighted by Gasteiger charge is -2.40. The van der Waals surface area contributed by atoms with Crippen LogP contribution < -0.4 is 21.3 Å². The smallest absolute Gasteiger partial charge is 0.251 e. The standard InChI is InChI=1S/C29H37N5O3/c1-17-12-25(28(30)36)26(32-20-6-4-3-5-7-20)15-24(17)29(37)33-21-13-22-9-10-23(14-21)34(22)27-11-8-19(16-31-27)18(2)35/h8,11-12,15-16,20-23,32H,3-7,9-10,13-14H2,1-2H3,(H2,30,36)(H,33,37). The summed E-state index contributed by atoms with van der Waals surface area (Å²) < 4.78 is 0. The van der Waals surface area contributed by atoms with E-state index in [0.717, 1.165) is 49.9 Å². The van der Waals surface area contributed by atoms with E-state index in [0.29, 0.717) is 40.5 Å². The molecule has 37 heavy (non-hydrogen) atoms. The zero-order chi connectivity index (χ0) is 26.1. The molecule has 2 saturated heterocycles. The minimum absolute atomic E-state index is 0.0136. The van der Waals surface area contributed by atoms with E-state index in [1.165, 1.54) is 19.3 Å². The summed E-state index contributed by atoms with van der Waals surface area (Å²) in [7, 11) is 0. The van der Waals surface area contributed by atoms with Crippen LogP contribution in [0.4, 0.5) is 11.5 Å². The normalized spacial score (nSPS) is 23.5. The molecule has 2 aliphatic heterocycles. The fourth-order valence-electron chi connectivity index (χ4n) is 6.42. The Hall–Kier alpha value is -3.42. The van der Waals surface area contributed by atoms with Gasteiger partial charge in [0, 0.05) is 47.2 Å². The van der Waals surface area contributed by atoms with Crippen LogP contribution in [0.25, 0.3) is 0 Å². The number of anilines is 2. The molecule has 0 spiro atoms. The Bertz CT molecular complexity index is 1170. The molecule has 8 nitrogen and oxygen atoms in total. The van der Waals surface area contributed by atoms with Crippen molar-refractivity contribution in [3.63, 3.8) is 0 Å². The van der Waals surface area contributed by atoms with Crippen molar-refractivity contribution in [2.45, 2.75) is 95.8 Å². The van der Waals surface area contributed by atoms with Gasteiger partial charge in [0.25, 0.3) is 11.8 Å². The predicted molar refractivity (Wildman–Crippen MR) is 144 cm³/mol. The van der Waals surface area contributed by atoms with Crippen molar-refractivity contribution in [3.8, 4) is 0 Å². The van der Waals surface area contributed by atoms with Gasteiger partial charge in [0.05, 0.1) is 5.56 Å². The number of aryl methyl sites for hydroxylation is 1. The number of fused-ring (bicyclic) bond motifs is 2. The first kappa shape index (κ1) is 25.2. The molecule has 196 valence electrons. The fourth-order valence-corrected chi connectivity index (χ4v) is 6.42. The third-order valence-electron chi connectivity index (χ3n) is 8.33. The van der Waals surface area contributed by atoms with E-state index in [2.05, 4.69) is 20.5 Å². The first-order valence-electron chi connectivity index (χ1n) is 13.6. The third kappa shape index (κ3) is 5.33. The summed E-state index contributed by atoms with van der Waals surface area (Å²) in [6, 6.07) is 8.31. The van der Waals surface area contributed by atoms with Gasteiger partial charge in [-0.05, 0) is 82.2 Å². The fraction of sp³-hybridized carbons (Fsp3) is 0.517. The van der Waals surface area contributed by atoms with Gasteiger partial charge in [0.2, 0.25) is 0 Å². The van der Waals surface area contributed by atoms with Crippen LogP contribution >= 0.6 is 0 Å². The molecule has 1 aliphatic carbocycles. The molecule has 2 unspecified atom stereocenters. The highest BCUT2D eigenvalue weighted by Gasteiger charge is 2.42. The van der Waals surface area contributed by atoms with Crippen molar-refractivity contribution in [1.82, 2.24) is 10.3 Å². The van der Waals surface area contributed by atoms with Crippen molar-refractivity contribution in [2.75, 3.05) is 10.2 Å². The van der Waals surface area contributed by atoms with Crippen LogP contribution in [0.3, 0.4) is 0 Å². The number of carbonyl (C=O) groups excluding carboxylic acids is 3. The quantitative estimate of drug-likeness (QED) is 0.483. The van der Waals surface area contributed by atoms with Crippen LogP contribution in [-0.2, 0) is 0 Å². The molecule has 2 atom stereocenters. The lowest BCUT2D eigenvalue weighted by Crippen LogP contribution is -2.50. The minimum atomic E-state index is -0.484. The zero-order valence-corrected chi connectivity index (χ0v) is 21.8. The Balaban J connectivity index is 1.29. The molecule has 1 aromatic heterocycles. The number of pyridine rings is 1. The molecule has 1 aromatic carbocycles. The van der Waals surface area contributed by atoms with Crippen molar-refractivity contribution >= 4 is 29.1 Å². The van der Waals surface area contributed by atoms with Gasteiger partial charge in [-0.25, -0.2) is 4.98 Å². The summed E-state index contributed by atoms with van der Waals surface area (Å²) in [4.78, 5) is 44.1. The van der Waals surface area contributed by atoms with Gasteiger partial charge in [-0.2, -0.15) is 0 Å². The average molecular weight is 504 g/mol. The maximum Gasteiger partial charge on any atom is 0.251 e. The Morgan fingerprint density at radius 3 is 2.24 bits per heavy atom. The molecule has 3 heterocycles. The summed E-state index contributed by atoms with van der Waals surface area (Å²) >= 11 is 0. The van der Waals surface area contributed by atoms with Gasteiger partial charge in [-0.15, -0.1) is 0 Å². The van der Waals surface area contributed by atoms with Gasteiger partial charge < -0.3 is 21.3 Å². The number of ketones is 1. The second-order valence-electron chi connectivity index (χ2n) is 11.0. The number of amides is 2. The molecule has 2 amide bonds. The Morgan fingerprint density at radius 1 is 0.946 bits per heavy atom. The van der Waals surface area contributed by atoms with Crippen LogP contribution in [0.5, 0.6) is 0 Å². The first-order valence-corrected chi connectivity index (χ1v) is 13.6. The number of primary amides is 1. The second kappa shape index (κ2) is 10.5. The van der Waals surface area contributed by atoms with E-state index in [1.54, 1.807) is 19.2 Å². The number of nitrogens with one attached hydrogen (secondary N) is 2. The van der Waals surface area contributed by atoms with Gasteiger partial charge in [-0.1, -0.05) is 19.3 Å². The summed E-state index contributed by atoms with van der Waals surface area (Å²) in [6.45, 7) is 3.40. The van der Waals surface area contributed by atoms with Crippen LogP contribution in [0.15, 0.2) is 30.5 Å². The zero-order valence-electron chi connectivity index (χ0n) is 21.8. The molecule has 2 aromatic rings.